The molecule has 11 nitrogen and oxygen atoms in total. The third kappa shape index (κ3) is 7.34. The summed E-state index contributed by atoms with van der Waals surface area (Å²) >= 11 is 0. The minimum Gasteiger partial charge on any atom is -0.497 e. The highest BCUT2D eigenvalue weighted by Crippen LogP contribution is 2.59. The first-order valence-corrected chi connectivity index (χ1v) is 17.5. The summed E-state index contributed by atoms with van der Waals surface area (Å²) in [6, 6.07) is 14.7. The normalized spacial score (nSPS) is 24.6. The Kier molecular flexibility index (Phi) is 12.1. The molecule has 3 saturated heterocycles. The molecule has 3 amide bonds. The molecular weight excluding hydrogens is 638 g/mol. The van der Waals surface area contributed by atoms with E-state index in [0.29, 0.717) is 55.5 Å². The van der Waals surface area contributed by atoms with Gasteiger partial charge in [0.15, 0.2) is 0 Å². The van der Waals surface area contributed by atoms with Crippen molar-refractivity contribution < 1.29 is 38.5 Å². The fourth-order valence-electron chi connectivity index (χ4n) is 7.81. The Hall–Kier alpha value is -4.48. The summed E-state index contributed by atoms with van der Waals surface area (Å²) in [5.74, 6) is -2.64. The lowest BCUT2D eigenvalue weighted by Gasteiger charge is -2.37. The summed E-state index contributed by atoms with van der Waals surface area (Å²) in [6.45, 7) is 9.83. The number of esters is 1. The second kappa shape index (κ2) is 16.5. The number of anilines is 1. The second-order valence-electron chi connectivity index (χ2n) is 13.3. The number of ether oxygens (including phenoxy) is 3. The number of nitrogens with one attached hydrogen (secondary N) is 1. The number of nitrogens with zero attached hydrogens (tertiary/aromatic N) is 2. The van der Waals surface area contributed by atoms with Gasteiger partial charge in [-0.2, -0.15) is 0 Å². The van der Waals surface area contributed by atoms with Gasteiger partial charge >= 0.3 is 5.97 Å². The number of rotatable bonds is 18. The number of fused-ring (bicyclic) bond motifs is 1. The lowest BCUT2D eigenvalue weighted by molar-refractivity contribution is -0.162. The number of methoxy groups -OCH3 is 1. The fourth-order valence-corrected chi connectivity index (χ4v) is 7.81. The molecule has 1 spiro atoms. The summed E-state index contributed by atoms with van der Waals surface area (Å²) in [7, 11) is 1.57. The van der Waals surface area contributed by atoms with Crippen LogP contribution in [-0.4, -0.2) is 84.3 Å². The first-order chi connectivity index (χ1) is 24.2. The van der Waals surface area contributed by atoms with Crippen LogP contribution in [0.2, 0.25) is 0 Å². The maximum atomic E-state index is 14.7. The van der Waals surface area contributed by atoms with Crippen LogP contribution in [0.3, 0.4) is 0 Å². The lowest BCUT2D eigenvalue weighted by Crippen LogP contribution is -2.56. The minimum atomic E-state index is -1.22. The molecule has 2 bridgehead atoms. The number of hydrogen-bond acceptors (Lipinski definition) is 8. The molecule has 7 atom stereocenters. The summed E-state index contributed by atoms with van der Waals surface area (Å²) < 4.78 is 18.2. The van der Waals surface area contributed by atoms with Crippen LogP contribution < -0.4 is 15.0 Å². The zero-order chi connectivity index (χ0) is 35.8. The molecular formula is C39H49N3O8. The zero-order valence-corrected chi connectivity index (χ0v) is 29.0. The van der Waals surface area contributed by atoms with Gasteiger partial charge in [-0.1, -0.05) is 42.5 Å². The number of hydrogen-bond donors (Lipinski definition) is 2. The Bertz CT molecular complexity index is 1530. The van der Waals surface area contributed by atoms with Gasteiger partial charge in [0.05, 0.1) is 31.1 Å². The summed E-state index contributed by atoms with van der Waals surface area (Å²) in [4.78, 5) is 59.4. The van der Waals surface area contributed by atoms with E-state index in [9.17, 15) is 24.3 Å². The van der Waals surface area contributed by atoms with Crippen molar-refractivity contribution in [1.82, 2.24) is 10.2 Å². The van der Waals surface area contributed by atoms with Crippen molar-refractivity contribution in [2.24, 2.45) is 11.8 Å². The van der Waals surface area contributed by atoms with E-state index in [4.69, 9.17) is 14.2 Å². The number of carbonyl (C=O) groups is 4. The first-order valence-electron chi connectivity index (χ1n) is 17.5. The van der Waals surface area contributed by atoms with Gasteiger partial charge in [0.1, 0.15) is 23.5 Å². The number of amides is 3. The van der Waals surface area contributed by atoms with Crippen molar-refractivity contribution in [2.45, 2.75) is 81.8 Å². The van der Waals surface area contributed by atoms with E-state index in [1.807, 2.05) is 30.3 Å². The van der Waals surface area contributed by atoms with Gasteiger partial charge in [0.25, 0.3) is 5.91 Å². The molecule has 0 unspecified atom stereocenters. The van der Waals surface area contributed by atoms with E-state index in [-0.39, 0.29) is 43.8 Å². The Morgan fingerprint density at radius 3 is 2.50 bits per heavy atom. The number of likely N-dealkylation sites (tertiary alicyclic amines) is 1. The number of allylic oxidation sites excluding steroid dienone is 1. The fraction of sp³-hybridized carbons (Fsp3) is 0.487. The van der Waals surface area contributed by atoms with Crippen molar-refractivity contribution in [3.8, 4) is 5.75 Å². The third-order valence-electron chi connectivity index (χ3n) is 10.1. The van der Waals surface area contributed by atoms with E-state index in [1.165, 1.54) is 0 Å². The van der Waals surface area contributed by atoms with Gasteiger partial charge in [-0.25, -0.2) is 0 Å². The van der Waals surface area contributed by atoms with Gasteiger partial charge in [-0.05, 0) is 75.3 Å². The van der Waals surface area contributed by atoms with Crippen molar-refractivity contribution in [3.05, 3.63) is 85.5 Å². The van der Waals surface area contributed by atoms with Crippen molar-refractivity contribution >= 4 is 29.4 Å². The maximum absolute atomic E-state index is 14.7. The van der Waals surface area contributed by atoms with Gasteiger partial charge in [0, 0.05) is 31.8 Å². The van der Waals surface area contributed by atoms with Gasteiger partial charge in [-0.15, -0.1) is 13.2 Å². The maximum Gasteiger partial charge on any atom is 0.313 e. The Labute approximate surface area is 294 Å². The van der Waals surface area contributed by atoms with Crippen LogP contribution in [0.25, 0.3) is 0 Å². The van der Waals surface area contributed by atoms with Crippen LogP contribution in [0.15, 0.2) is 79.9 Å². The largest absolute Gasteiger partial charge is 0.497 e. The summed E-state index contributed by atoms with van der Waals surface area (Å²) in [5, 5.41) is 12.3. The predicted octanol–water partition coefficient (Wildman–Crippen LogP) is 4.51. The smallest absolute Gasteiger partial charge is 0.313 e. The van der Waals surface area contributed by atoms with Crippen LogP contribution in [0.4, 0.5) is 5.69 Å². The minimum absolute atomic E-state index is 0.0296. The SMILES string of the molecule is C=CCCC(=O)N[C@H](C)[C@@H](OC(=O)[C@@H]1[C@@H]2CC[C@]3(O2)[C@H](C(=O)N(CC=C)c2ccc(OC)cc2)N(CCCCCO)C(=O)[C@@H]13)c1ccccc1. The average molecular weight is 688 g/mol. The number of unbranched alkanes of at least 4 members (excludes halogenated alkanes) is 2. The Morgan fingerprint density at radius 2 is 1.84 bits per heavy atom. The molecule has 50 heavy (non-hydrogen) atoms. The molecule has 2 aromatic rings. The molecule has 0 radical (unpaired) electrons. The topological polar surface area (TPSA) is 135 Å². The molecule has 0 aromatic heterocycles. The highest BCUT2D eigenvalue weighted by atomic mass is 16.6. The van der Waals surface area contributed by atoms with Crippen LogP contribution in [0, 0.1) is 11.8 Å². The molecule has 11 heteroatoms. The van der Waals surface area contributed by atoms with E-state index in [2.05, 4.69) is 18.5 Å². The second-order valence-corrected chi connectivity index (χ2v) is 13.3. The molecule has 3 heterocycles. The molecule has 0 aliphatic carbocycles. The average Bonchev–Trinajstić information content (AvgIpc) is 3.77. The van der Waals surface area contributed by atoms with Crippen LogP contribution >= 0.6 is 0 Å². The van der Waals surface area contributed by atoms with Crippen LogP contribution in [0.1, 0.15) is 63.5 Å². The van der Waals surface area contributed by atoms with E-state index in [0.717, 1.165) is 0 Å². The number of benzene rings is 2. The molecule has 5 rings (SSSR count). The summed E-state index contributed by atoms with van der Waals surface area (Å²) in [5.41, 5.74) is 0.0895. The molecule has 2 aromatic carbocycles. The Morgan fingerprint density at radius 1 is 1.10 bits per heavy atom. The van der Waals surface area contributed by atoms with Crippen molar-refractivity contribution in [2.75, 3.05) is 31.7 Å². The van der Waals surface area contributed by atoms with Gasteiger partial charge in [0.2, 0.25) is 11.8 Å². The molecule has 3 aliphatic heterocycles. The van der Waals surface area contributed by atoms with E-state index >= 15 is 0 Å². The highest BCUT2D eigenvalue weighted by molar-refractivity contribution is 6.04. The highest BCUT2D eigenvalue weighted by Gasteiger charge is 2.75. The zero-order valence-electron chi connectivity index (χ0n) is 29.0. The monoisotopic (exact) mass is 687 g/mol. The number of carbonyl (C=O) groups excluding carboxylic acids is 4. The standard InChI is InChI=1S/C39H49N3O8/c1-5-7-16-31(44)40-26(3)34(27-14-10-8-11-15-27)49-38(47)32-30-21-22-39(50-30)33(32)36(45)42(24-12-9-13-25-43)35(39)37(46)41(23-6-2)28-17-19-29(48-4)20-18-28/h5-6,8,10-11,14-15,17-20,26,30,32-35,43H,1-2,7,9,12-13,16,21-25H2,3-4H3,(H,40,44)/t26-,30+,32-,33-,34-,35+,39-/m1/s1. The predicted molar refractivity (Wildman–Crippen MR) is 188 cm³/mol. The Balaban J connectivity index is 1.46. The lowest BCUT2D eigenvalue weighted by atomic mass is 9.70. The number of aliphatic hydroxyl groups excluding tert-OH is 1. The molecule has 0 saturated carbocycles. The van der Waals surface area contributed by atoms with Gasteiger partial charge < -0.3 is 34.4 Å². The van der Waals surface area contributed by atoms with Crippen LogP contribution in [0.5, 0.6) is 5.75 Å². The quantitative estimate of drug-likeness (QED) is 0.133. The first kappa shape index (κ1) is 36.8. The summed E-state index contributed by atoms with van der Waals surface area (Å²) in [6.07, 6.45) is 5.36. The number of aliphatic hydroxyl groups is 1. The van der Waals surface area contributed by atoms with Crippen molar-refractivity contribution in [3.63, 3.8) is 0 Å². The molecule has 3 aliphatic rings. The molecule has 268 valence electrons. The van der Waals surface area contributed by atoms with E-state index < -0.39 is 47.7 Å². The van der Waals surface area contributed by atoms with Crippen LogP contribution in [-0.2, 0) is 28.7 Å². The molecule has 2 N–H and O–H groups in total. The van der Waals surface area contributed by atoms with Crippen molar-refractivity contribution in [1.29, 1.82) is 0 Å². The van der Waals surface area contributed by atoms with E-state index in [1.54, 1.807) is 60.3 Å². The third-order valence-corrected chi connectivity index (χ3v) is 10.1. The van der Waals surface area contributed by atoms with Gasteiger partial charge in [-0.3, -0.25) is 19.2 Å². The molecule has 3 fully saturated rings.